The molecule has 0 radical (unpaired) electrons. The SMILES string of the molecule is CC(C)C(=O)Nc1nc(N[C@@H]2O[C@H](COC(=O)c3ccccc3)[C@@H](F)[C@H]2OC(=O)c2ccccc2)c(N=N)c(=O)[nH]1. The molecule has 1 amide bonds. The fourth-order valence-corrected chi connectivity index (χ4v) is 3.80. The van der Waals surface area contributed by atoms with Crippen LogP contribution in [0.25, 0.3) is 0 Å². The molecule has 4 atom stereocenters. The predicted octanol–water partition coefficient (Wildman–Crippen LogP) is 3.58. The summed E-state index contributed by atoms with van der Waals surface area (Å²) in [6, 6.07) is 15.9. The van der Waals surface area contributed by atoms with Crippen molar-refractivity contribution in [2.24, 2.45) is 11.0 Å². The summed E-state index contributed by atoms with van der Waals surface area (Å²) in [6.07, 6.45) is -6.42. The van der Waals surface area contributed by atoms with Gasteiger partial charge in [-0.2, -0.15) is 4.98 Å². The Kier molecular flexibility index (Phi) is 9.14. The molecule has 2 aromatic carbocycles. The third kappa shape index (κ3) is 6.97. The summed E-state index contributed by atoms with van der Waals surface area (Å²) >= 11 is 0. The Bertz CT molecular complexity index is 1470. The summed E-state index contributed by atoms with van der Waals surface area (Å²) in [7, 11) is 0. The standard InChI is InChI=1S/C27H27FN6O7/c1-14(2)22(35)32-27-31-21(19(34-29)23(36)33-27)30-24-20(41-26(38)16-11-7-4-8-12-16)18(28)17(40-24)13-39-25(37)15-9-5-3-6-10-15/h3-12,14,17-18,20,24,29H,13H2,1-2H3,(H3,30,31,32,33,35,36)/t17-,18-,20-,24-/m1/s1. The molecule has 2 heterocycles. The van der Waals surface area contributed by atoms with Gasteiger partial charge in [-0.05, 0) is 24.3 Å². The number of anilines is 2. The molecule has 14 heteroatoms. The van der Waals surface area contributed by atoms with Crippen LogP contribution in [0.4, 0.5) is 21.8 Å². The van der Waals surface area contributed by atoms with E-state index in [1.54, 1.807) is 50.2 Å². The van der Waals surface area contributed by atoms with Gasteiger partial charge in [0, 0.05) is 5.92 Å². The third-order valence-corrected chi connectivity index (χ3v) is 5.98. The van der Waals surface area contributed by atoms with Gasteiger partial charge in [0.25, 0.3) is 5.56 Å². The predicted molar refractivity (Wildman–Crippen MR) is 143 cm³/mol. The molecule has 0 aliphatic carbocycles. The molecule has 0 unspecified atom stereocenters. The minimum atomic E-state index is -1.98. The number of H-pyrrole nitrogens is 1. The van der Waals surface area contributed by atoms with Crippen molar-refractivity contribution in [3.63, 3.8) is 0 Å². The van der Waals surface area contributed by atoms with E-state index in [1.165, 1.54) is 24.3 Å². The van der Waals surface area contributed by atoms with E-state index in [-0.39, 0.29) is 22.9 Å². The monoisotopic (exact) mass is 566 g/mol. The highest BCUT2D eigenvalue weighted by molar-refractivity contribution is 5.91. The minimum Gasteiger partial charge on any atom is -0.459 e. The normalized spacial score (nSPS) is 19.8. The minimum absolute atomic E-state index is 0.146. The fraction of sp³-hybridized carbons (Fsp3) is 0.296. The van der Waals surface area contributed by atoms with Crippen LogP contribution in [0, 0.1) is 11.4 Å². The lowest BCUT2D eigenvalue weighted by Gasteiger charge is -2.22. The number of benzene rings is 2. The van der Waals surface area contributed by atoms with Crippen molar-refractivity contribution < 1.29 is 33.0 Å². The molecule has 3 aromatic rings. The van der Waals surface area contributed by atoms with Gasteiger partial charge in [0.15, 0.2) is 30.0 Å². The second-order valence-electron chi connectivity index (χ2n) is 9.25. The zero-order valence-corrected chi connectivity index (χ0v) is 22.0. The van der Waals surface area contributed by atoms with Crippen LogP contribution in [0.1, 0.15) is 34.6 Å². The largest absolute Gasteiger partial charge is 0.459 e. The number of ether oxygens (including phenoxy) is 3. The van der Waals surface area contributed by atoms with Crippen molar-refractivity contribution in [2.75, 3.05) is 17.2 Å². The first-order valence-corrected chi connectivity index (χ1v) is 12.5. The highest BCUT2D eigenvalue weighted by Gasteiger charge is 2.49. The van der Waals surface area contributed by atoms with E-state index in [0.29, 0.717) is 0 Å². The first-order chi connectivity index (χ1) is 19.7. The van der Waals surface area contributed by atoms with Gasteiger partial charge in [-0.1, -0.05) is 50.2 Å². The maximum atomic E-state index is 15.7. The molecule has 0 spiro atoms. The number of nitrogens with one attached hydrogen (secondary N) is 4. The van der Waals surface area contributed by atoms with Crippen molar-refractivity contribution in [3.8, 4) is 0 Å². The molecule has 4 rings (SSSR count). The summed E-state index contributed by atoms with van der Waals surface area (Å²) in [6.45, 7) is 2.73. The molecule has 4 N–H and O–H groups in total. The Balaban J connectivity index is 1.59. The van der Waals surface area contributed by atoms with Gasteiger partial charge in [0.2, 0.25) is 11.9 Å². The molecule has 1 fully saturated rings. The van der Waals surface area contributed by atoms with E-state index in [0.717, 1.165) is 0 Å². The molecule has 214 valence electrons. The van der Waals surface area contributed by atoms with Crippen LogP contribution >= 0.6 is 0 Å². The number of nitrogens with zero attached hydrogens (tertiary/aromatic N) is 2. The second-order valence-corrected chi connectivity index (χ2v) is 9.25. The van der Waals surface area contributed by atoms with Gasteiger partial charge in [-0.3, -0.25) is 19.9 Å². The summed E-state index contributed by atoms with van der Waals surface area (Å²) < 4.78 is 32.1. The molecular weight excluding hydrogens is 539 g/mol. The number of aromatic amines is 1. The van der Waals surface area contributed by atoms with E-state index in [2.05, 4.69) is 25.7 Å². The van der Waals surface area contributed by atoms with Gasteiger partial charge in [-0.15, -0.1) is 5.11 Å². The third-order valence-electron chi connectivity index (χ3n) is 5.98. The zero-order valence-electron chi connectivity index (χ0n) is 22.0. The lowest BCUT2D eigenvalue weighted by atomic mass is 10.1. The number of alkyl halides is 1. The number of hydrogen-bond acceptors (Lipinski definition) is 11. The maximum Gasteiger partial charge on any atom is 0.338 e. The number of aromatic nitrogens is 2. The Morgan fingerprint density at radius 3 is 2.27 bits per heavy atom. The molecule has 13 nitrogen and oxygen atoms in total. The molecular formula is C27H27FN6O7. The zero-order chi connectivity index (χ0) is 29.5. The van der Waals surface area contributed by atoms with Crippen LogP contribution in [0.3, 0.4) is 0 Å². The van der Waals surface area contributed by atoms with Gasteiger partial charge in [-0.25, -0.2) is 19.5 Å². The Morgan fingerprint density at radius 2 is 1.68 bits per heavy atom. The van der Waals surface area contributed by atoms with Crippen LogP contribution in [0.15, 0.2) is 70.6 Å². The van der Waals surface area contributed by atoms with Crippen LogP contribution in [-0.4, -0.2) is 59.0 Å². The Labute approximate surface area is 232 Å². The van der Waals surface area contributed by atoms with Gasteiger partial charge < -0.3 is 19.5 Å². The van der Waals surface area contributed by atoms with Gasteiger partial charge in [0.05, 0.1) is 11.1 Å². The van der Waals surface area contributed by atoms with Crippen LogP contribution in [0.2, 0.25) is 0 Å². The van der Waals surface area contributed by atoms with E-state index in [4.69, 9.17) is 19.7 Å². The first kappa shape index (κ1) is 29.0. The van der Waals surface area contributed by atoms with Crippen LogP contribution in [0.5, 0.6) is 0 Å². The van der Waals surface area contributed by atoms with Crippen molar-refractivity contribution in [1.29, 1.82) is 5.53 Å². The van der Waals surface area contributed by atoms with Crippen molar-refractivity contribution in [2.45, 2.75) is 38.5 Å². The number of esters is 2. The van der Waals surface area contributed by atoms with Gasteiger partial charge >= 0.3 is 11.9 Å². The molecule has 41 heavy (non-hydrogen) atoms. The Morgan fingerprint density at radius 1 is 1.07 bits per heavy atom. The summed E-state index contributed by atoms with van der Waals surface area (Å²) in [4.78, 5) is 56.3. The fourth-order valence-electron chi connectivity index (χ4n) is 3.80. The van der Waals surface area contributed by atoms with Crippen molar-refractivity contribution >= 4 is 35.3 Å². The molecule has 1 aliphatic heterocycles. The van der Waals surface area contributed by atoms with Crippen LogP contribution in [-0.2, 0) is 19.0 Å². The van der Waals surface area contributed by atoms with Crippen LogP contribution < -0.4 is 16.2 Å². The quantitative estimate of drug-likeness (QED) is 0.210. The lowest BCUT2D eigenvalue weighted by molar-refractivity contribution is -0.118. The van der Waals surface area contributed by atoms with Crippen molar-refractivity contribution in [1.82, 2.24) is 9.97 Å². The second kappa shape index (κ2) is 12.9. The number of carbonyl (C=O) groups is 3. The van der Waals surface area contributed by atoms with E-state index in [9.17, 15) is 19.2 Å². The van der Waals surface area contributed by atoms with E-state index < -0.39 is 66.2 Å². The molecule has 1 saturated heterocycles. The highest BCUT2D eigenvalue weighted by Crippen LogP contribution is 2.31. The topological polar surface area (TPSA) is 185 Å². The molecule has 1 aromatic heterocycles. The Hall–Kier alpha value is -4.98. The molecule has 0 bridgehead atoms. The average Bonchev–Trinajstić information content (AvgIpc) is 3.25. The van der Waals surface area contributed by atoms with Gasteiger partial charge in [0.1, 0.15) is 12.7 Å². The molecule has 1 aliphatic rings. The summed E-state index contributed by atoms with van der Waals surface area (Å²) in [5.41, 5.74) is 6.42. The smallest absolute Gasteiger partial charge is 0.338 e. The summed E-state index contributed by atoms with van der Waals surface area (Å²) in [5, 5.41) is 8.25. The lowest BCUT2D eigenvalue weighted by Crippen LogP contribution is -2.39. The first-order valence-electron chi connectivity index (χ1n) is 12.5. The average molecular weight is 567 g/mol. The summed E-state index contributed by atoms with van der Waals surface area (Å²) in [5.74, 6) is -3.07. The number of carbonyl (C=O) groups excluding carboxylic acids is 3. The number of halogens is 1. The number of hydrogen-bond donors (Lipinski definition) is 4. The molecule has 0 saturated carbocycles. The maximum absolute atomic E-state index is 15.7. The highest BCUT2D eigenvalue weighted by atomic mass is 19.1. The van der Waals surface area contributed by atoms with E-state index in [1.807, 2.05) is 0 Å². The number of amides is 1. The number of rotatable bonds is 10. The van der Waals surface area contributed by atoms with Crippen molar-refractivity contribution in [3.05, 3.63) is 82.1 Å². The van der Waals surface area contributed by atoms with E-state index >= 15 is 4.39 Å².